The smallest absolute Gasteiger partial charge is 0.339 e. The van der Waals surface area contributed by atoms with Crippen LogP contribution in [0.25, 0.3) is 11.0 Å². The molecule has 0 amide bonds. The molecular formula is C18H11Cl2FO4. The van der Waals surface area contributed by atoms with Gasteiger partial charge in [-0.2, -0.15) is 0 Å². The molecule has 3 rings (SSSR count). The molecule has 3 aromatic rings. The van der Waals surface area contributed by atoms with E-state index in [1.54, 1.807) is 19.1 Å². The van der Waals surface area contributed by atoms with E-state index < -0.39 is 17.4 Å². The first-order valence-corrected chi connectivity index (χ1v) is 7.96. The predicted molar refractivity (Wildman–Crippen MR) is 92.8 cm³/mol. The van der Waals surface area contributed by atoms with Crippen LogP contribution >= 0.6 is 23.2 Å². The minimum atomic E-state index is -0.732. The van der Waals surface area contributed by atoms with Crippen molar-refractivity contribution in [2.24, 2.45) is 0 Å². The second-order valence-electron chi connectivity index (χ2n) is 5.39. The summed E-state index contributed by atoms with van der Waals surface area (Å²) in [6.45, 7) is 1.60. The van der Waals surface area contributed by atoms with Crippen molar-refractivity contribution in [1.82, 2.24) is 0 Å². The lowest BCUT2D eigenvalue weighted by Gasteiger charge is -2.09. The van der Waals surface area contributed by atoms with E-state index >= 15 is 0 Å². The Balaban J connectivity index is 1.91. The highest BCUT2D eigenvalue weighted by molar-refractivity contribution is 6.33. The number of aryl methyl sites for hydroxylation is 1. The van der Waals surface area contributed by atoms with Crippen LogP contribution in [-0.4, -0.2) is 5.97 Å². The zero-order valence-electron chi connectivity index (χ0n) is 12.9. The Morgan fingerprint density at radius 2 is 1.92 bits per heavy atom. The first kappa shape index (κ1) is 17.5. The minimum absolute atomic E-state index is 0.0317. The number of rotatable bonds is 3. The van der Waals surface area contributed by atoms with Crippen LogP contribution in [0.1, 0.15) is 21.5 Å². The number of hydrogen-bond donors (Lipinski definition) is 0. The summed E-state index contributed by atoms with van der Waals surface area (Å²) >= 11 is 12.0. The summed E-state index contributed by atoms with van der Waals surface area (Å²) in [6, 6.07) is 7.88. The average Bonchev–Trinajstić information content (AvgIpc) is 2.54. The van der Waals surface area contributed by atoms with Gasteiger partial charge >= 0.3 is 11.6 Å². The zero-order chi connectivity index (χ0) is 18.1. The van der Waals surface area contributed by atoms with Gasteiger partial charge in [-0.3, -0.25) is 0 Å². The van der Waals surface area contributed by atoms with Crippen LogP contribution in [-0.2, 0) is 11.3 Å². The third-order valence-electron chi connectivity index (χ3n) is 3.62. The van der Waals surface area contributed by atoms with Crippen LogP contribution in [0.3, 0.4) is 0 Å². The van der Waals surface area contributed by atoms with E-state index in [0.717, 1.165) is 17.7 Å². The molecule has 2 aromatic carbocycles. The van der Waals surface area contributed by atoms with E-state index in [9.17, 15) is 14.0 Å². The number of fused-ring (bicyclic) bond motifs is 1. The van der Waals surface area contributed by atoms with Crippen LogP contribution < -0.4 is 5.63 Å². The fraction of sp³-hybridized carbons (Fsp3) is 0.111. The standard InChI is InChI=1S/C18H11Cl2FO4/c1-9-4-16-13(7-14(9)19)10(5-17(22)25-16)8-24-18(23)12-3-2-11(21)6-15(12)20/h2-7H,8H2,1H3. The third-order valence-corrected chi connectivity index (χ3v) is 4.34. The Labute approximate surface area is 151 Å². The van der Waals surface area contributed by atoms with Gasteiger partial charge < -0.3 is 9.15 Å². The van der Waals surface area contributed by atoms with E-state index in [1.165, 1.54) is 12.1 Å². The normalized spacial score (nSPS) is 10.9. The number of carbonyl (C=O) groups excluding carboxylic acids is 1. The predicted octanol–water partition coefficient (Wildman–Crippen LogP) is 4.90. The highest BCUT2D eigenvalue weighted by Crippen LogP contribution is 2.26. The number of halogens is 3. The number of esters is 1. The van der Waals surface area contributed by atoms with E-state index in [-0.39, 0.29) is 17.2 Å². The molecule has 7 heteroatoms. The molecule has 0 N–H and O–H groups in total. The van der Waals surface area contributed by atoms with Gasteiger partial charge in [0, 0.05) is 22.0 Å². The molecule has 0 bridgehead atoms. The average molecular weight is 381 g/mol. The molecular weight excluding hydrogens is 370 g/mol. The van der Waals surface area contributed by atoms with Gasteiger partial charge in [-0.25, -0.2) is 14.0 Å². The number of benzene rings is 2. The highest BCUT2D eigenvalue weighted by atomic mass is 35.5. The van der Waals surface area contributed by atoms with Gasteiger partial charge in [-0.05, 0) is 42.8 Å². The van der Waals surface area contributed by atoms with Gasteiger partial charge in [0.2, 0.25) is 0 Å². The van der Waals surface area contributed by atoms with Crippen molar-refractivity contribution in [2.75, 3.05) is 0 Å². The van der Waals surface area contributed by atoms with Crippen molar-refractivity contribution < 1.29 is 18.3 Å². The van der Waals surface area contributed by atoms with Crippen LogP contribution in [0.15, 0.2) is 45.6 Å². The summed E-state index contributed by atoms with van der Waals surface area (Å²) in [5, 5.41) is 1.00. The van der Waals surface area contributed by atoms with E-state index in [2.05, 4.69) is 0 Å². The summed E-state index contributed by atoms with van der Waals surface area (Å²) in [5.41, 5.74) is 1.01. The van der Waals surface area contributed by atoms with Gasteiger partial charge in [0.15, 0.2) is 0 Å². The van der Waals surface area contributed by atoms with Crippen molar-refractivity contribution in [3.8, 4) is 0 Å². The van der Waals surface area contributed by atoms with E-state index in [4.69, 9.17) is 32.4 Å². The van der Waals surface area contributed by atoms with Crippen LogP contribution in [0.5, 0.6) is 0 Å². The van der Waals surface area contributed by atoms with Crippen molar-refractivity contribution in [1.29, 1.82) is 0 Å². The molecule has 0 radical (unpaired) electrons. The summed E-state index contributed by atoms with van der Waals surface area (Å²) in [5.74, 6) is -1.29. The van der Waals surface area contributed by atoms with E-state index in [0.29, 0.717) is 21.6 Å². The molecule has 0 spiro atoms. The number of hydrogen-bond acceptors (Lipinski definition) is 4. The molecule has 0 saturated carbocycles. The third kappa shape index (κ3) is 3.67. The fourth-order valence-corrected chi connectivity index (χ4v) is 2.75. The zero-order valence-corrected chi connectivity index (χ0v) is 14.4. The minimum Gasteiger partial charge on any atom is -0.457 e. The van der Waals surface area contributed by atoms with Crippen molar-refractivity contribution in [2.45, 2.75) is 13.5 Å². The Morgan fingerprint density at radius 1 is 1.16 bits per heavy atom. The molecule has 0 aliphatic carbocycles. The molecule has 1 aromatic heterocycles. The molecule has 0 saturated heterocycles. The van der Waals surface area contributed by atoms with Crippen LogP contribution in [0.4, 0.5) is 4.39 Å². The van der Waals surface area contributed by atoms with Crippen LogP contribution in [0, 0.1) is 12.7 Å². The molecule has 0 unspecified atom stereocenters. The molecule has 1 heterocycles. The SMILES string of the molecule is Cc1cc2oc(=O)cc(COC(=O)c3ccc(F)cc3Cl)c2cc1Cl. The van der Waals surface area contributed by atoms with Crippen molar-refractivity contribution in [3.63, 3.8) is 0 Å². The van der Waals surface area contributed by atoms with Gasteiger partial charge in [0.25, 0.3) is 0 Å². The topological polar surface area (TPSA) is 56.5 Å². The van der Waals surface area contributed by atoms with Gasteiger partial charge in [-0.15, -0.1) is 0 Å². The maximum atomic E-state index is 13.1. The van der Waals surface area contributed by atoms with E-state index in [1.807, 2.05) is 0 Å². The lowest BCUT2D eigenvalue weighted by molar-refractivity contribution is 0.0474. The maximum absolute atomic E-state index is 13.1. The Bertz CT molecular complexity index is 1040. The van der Waals surface area contributed by atoms with Crippen LogP contribution in [0.2, 0.25) is 10.0 Å². The van der Waals surface area contributed by atoms with Gasteiger partial charge in [-0.1, -0.05) is 23.2 Å². The van der Waals surface area contributed by atoms with Gasteiger partial charge in [0.1, 0.15) is 18.0 Å². The van der Waals surface area contributed by atoms with Gasteiger partial charge in [0.05, 0.1) is 10.6 Å². The Kier molecular flexibility index (Phi) is 4.79. The molecule has 0 aliphatic rings. The molecule has 4 nitrogen and oxygen atoms in total. The summed E-state index contributed by atoms with van der Waals surface area (Å²) in [7, 11) is 0. The molecule has 0 aliphatic heterocycles. The molecule has 0 fully saturated rings. The van der Waals surface area contributed by atoms with Crippen molar-refractivity contribution >= 4 is 40.1 Å². The first-order chi connectivity index (χ1) is 11.8. The molecule has 0 atom stereocenters. The number of carbonyl (C=O) groups is 1. The Hall–Kier alpha value is -2.37. The highest BCUT2D eigenvalue weighted by Gasteiger charge is 2.15. The lowest BCUT2D eigenvalue weighted by Crippen LogP contribution is -2.08. The quantitative estimate of drug-likeness (QED) is 0.478. The lowest BCUT2D eigenvalue weighted by atomic mass is 10.1. The monoisotopic (exact) mass is 380 g/mol. The first-order valence-electron chi connectivity index (χ1n) is 7.20. The fourth-order valence-electron chi connectivity index (χ4n) is 2.34. The second-order valence-corrected chi connectivity index (χ2v) is 6.20. The summed E-state index contributed by atoms with van der Waals surface area (Å²) in [4.78, 5) is 23.8. The van der Waals surface area contributed by atoms with Crippen molar-refractivity contribution in [3.05, 3.63) is 79.4 Å². The second kappa shape index (κ2) is 6.86. The summed E-state index contributed by atoms with van der Waals surface area (Å²) < 4.78 is 23.4. The number of ether oxygens (including phenoxy) is 1. The summed E-state index contributed by atoms with van der Waals surface area (Å²) in [6.07, 6.45) is 0. The molecule has 128 valence electrons. The largest absolute Gasteiger partial charge is 0.457 e. The Morgan fingerprint density at radius 3 is 2.64 bits per heavy atom. The molecule has 25 heavy (non-hydrogen) atoms. The maximum Gasteiger partial charge on any atom is 0.339 e.